The maximum absolute atomic E-state index is 12.2. The van der Waals surface area contributed by atoms with E-state index in [2.05, 4.69) is 29.6 Å². The number of fused-ring (bicyclic) bond motifs is 1. The molecule has 0 radical (unpaired) electrons. The maximum Gasteiger partial charge on any atom is 0.327 e. The van der Waals surface area contributed by atoms with E-state index in [9.17, 15) is 4.79 Å². The molecule has 1 aliphatic rings. The summed E-state index contributed by atoms with van der Waals surface area (Å²) in [4.78, 5) is 12.2. The molecule has 21 heavy (non-hydrogen) atoms. The summed E-state index contributed by atoms with van der Waals surface area (Å²) in [5.74, 6) is 0.538. The Morgan fingerprint density at radius 2 is 2.00 bits per heavy atom. The number of nitrogens with one attached hydrogen (secondary N) is 1. The summed E-state index contributed by atoms with van der Waals surface area (Å²) >= 11 is 0. The van der Waals surface area contributed by atoms with Crippen LogP contribution in [-0.2, 0) is 9.53 Å². The standard InChI is InChI=1S/C18H21NO2/c1-2-21-18(20)17(19-12-13-7-8-13)16-10-9-14-5-3-4-6-15(14)11-16/h3-6,9-11,13,17,19H,2,7-8,12H2,1H3. The number of carbonyl (C=O) groups is 1. The van der Waals surface area contributed by atoms with Gasteiger partial charge in [-0.05, 0) is 54.6 Å². The fraction of sp³-hybridized carbons (Fsp3) is 0.389. The van der Waals surface area contributed by atoms with Gasteiger partial charge < -0.3 is 10.1 Å². The zero-order valence-corrected chi connectivity index (χ0v) is 12.3. The number of rotatable bonds is 6. The van der Waals surface area contributed by atoms with Crippen LogP contribution in [-0.4, -0.2) is 19.1 Å². The third-order valence-electron chi connectivity index (χ3n) is 3.94. The van der Waals surface area contributed by atoms with E-state index < -0.39 is 0 Å². The molecule has 3 rings (SSSR count). The minimum absolute atomic E-state index is 0.187. The zero-order chi connectivity index (χ0) is 14.7. The van der Waals surface area contributed by atoms with Gasteiger partial charge in [-0.3, -0.25) is 0 Å². The molecular formula is C18H21NO2. The molecule has 1 saturated carbocycles. The summed E-state index contributed by atoms with van der Waals surface area (Å²) in [6.45, 7) is 3.14. The average Bonchev–Trinajstić information content (AvgIpc) is 3.32. The van der Waals surface area contributed by atoms with Crippen LogP contribution in [0.5, 0.6) is 0 Å². The Bertz CT molecular complexity index is 634. The molecule has 0 heterocycles. The lowest BCUT2D eigenvalue weighted by Gasteiger charge is -2.18. The van der Waals surface area contributed by atoms with Gasteiger partial charge in [0, 0.05) is 0 Å². The summed E-state index contributed by atoms with van der Waals surface area (Å²) < 4.78 is 5.22. The van der Waals surface area contributed by atoms with Gasteiger partial charge in [0.05, 0.1) is 6.61 Å². The Balaban J connectivity index is 1.85. The first-order chi connectivity index (χ1) is 10.3. The van der Waals surface area contributed by atoms with E-state index in [-0.39, 0.29) is 12.0 Å². The molecule has 1 unspecified atom stereocenters. The van der Waals surface area contributed by atoms with E-state index in [1.807, 2.05) is 25.1 Å². The second-order valence-corrected chi connectivity index (χ2v) is 5.64. The number of hydrogen-bond acceptors (Lipinski definition) is 3. The quantitative estimate of drug-likeness (QED) is 0.825. The highest BCUT2D eigenvalue weighted by atomic mass is 16.5. The molecule has 0 saturated heterocycles. The second-order valence-electron chi connectivity index (χ2n) is 5.64. The predicted molar refractivity (Wildman–Crippen MR) is 84.0 cm³/mol. The van der Waals surface area contributed by atoms with E-state index in [1.54, 1.807) is 0 Å². The van der Waals surface area contributed by atoms with Gasteiger partial charge in [-0.25, -0.2) is 4.79 Å². The van der Waals surface area contributed by atoms with E-state index in [0.717, 1.165) is 23.4 Å². The van der Waals surface area contributed by atoms with Crippen molar-refractivity contribution in [3.8, 4) is 0 Å². The number of ether oxygens (including phenoxy) is 1. The Hall–Kier alpha value is -1.87. The maximum atomic E-state index is 12.2. The first kappa shape index (κ1) is 14.1. The Morgan fingerprint density at radius 1 is 1.24 bits per heavy atom. The highest BCUT2D eigenvalue weighted by molar-refractivity contribution is 5.85. The van der Waals surface area contributed by atoms with Gasteiger partial charge >= 0.3 is 5.97 Å². The molecule has 3 heteroatoms. The predicted octanol–water partition coefficient (Wildman–Crippen LogP) is 3.44. The van der Waals surface area contributed by atoms with E-state index in [0.29, 0.717) is 6.61 Å². The van der Waals surface area contributed by atoms with Crippen LogP contribution < -0.4 is 5.32 Å². The van der Waals surface area contributed by atoms with Gasteiger partial charge in [0.2, 0.25) is 0 Å². The number of esters is 1. The Morgan fingerprint density at radius 3 is 2.71 bits per heavy atom. The first-order valence-corrected chi connectivity index (χ1v) is 7.66. The topological polar surface area (TPSA) is 38.3 Å². The lowest BCUT2D eigenvalue weighted by Crippen LogP contribution is -2.31. The molecule has 110 valence electrons. The summed E-state index contributed by atoms with van der Waals surface area (Å²) in [7, 11) is 0. The van der Waals surface area contributed by atoms with Crippen molar-refractivity contribution in [3.05, 3.63) is 48.0 Å². The number of benzene rings is 2. The van der Waals surface area contributed by atoms with Gasteiger partial charge in [-0.2, -0.15) is 0 Å². The highest BCUT2D eigenvalue weighted by Crippen LogP contribution is 2.29. The van der Waals surface area contributed by atoms with E-state index in [4.69, 9.17) is 4.74 Å². The van der Waals surface area contributed by atoms with Crippen molar-refractivity contribution < 1.29 is 9.53 Å². The van der Waals surface area contributed by atoms with Crippen LogP contribution in [0, 0.1) is 5.92 Å². The minimum Gasteiger partial charge on any atom is -0.465 e. The molecular weight excluding hydrogens is 262 g/mol. The molecule has 0 amide bonds. The van der Waals surface area contributed by atoms with Crippen LogP contribution in [0.3, 0.4) is 0 Å². The van der Waals surface area contributed by atoms with Crippen molar-refractivity contribution in [2.45, 2.75) is 25.8 Å². The van der Waals surface area contributed by atoms with Gasteiger partial charge in [0.15, 0.2) is 0 Å². The number of hydrogen-bond donors (Lipinski definition) is 1. The number of carbonyl (C=O) groups excluding carboxylic acids is 1. The van der Waals surface area contributed by atoms with Gasteiger partial charge in [0.1, 0.15) is 6.04 Å². The Labute approximate surface area is 125 Å². The van der Waals surface area contributed by atoms with Gasteiger partial charge in [-0.15, -0.1) is 0 Å². The molecule has 2 aromatic rings. The van der Waals surface area contributed by atoms with Crippen molar-refractivity contribution in [1.82, 2.24) is 5.32 Å². The molecule has 2 aromatic carbocycles. The second kappa shape index (κ2) is 6.27. The monoisotopic (exact) mass is 283 g/mol. The smallest absolute Gasteiger partial charge is 0.327 e. The fourth-order valence-electron chi connectivity index (χ4n) is 2.56. The highest BCUT2D eigenvalue weighted by Gasteiger charge is 2.26. The SMILES string of the molecule is CCOC(=O)C(NCC1CC1)c1ccc2ccccc2c1. The summed E-state index contributed by atoms with van der Waals surface area (Å²) in [6.07, 6.45) is 2.53. The van der Waals surface area contributed by atoms with Crippen LogP contribution in [0.1, 0.15) is 31.4 Å². The van der Waals surface area contributed by atoms with Gasteiger partial charge in [0.25, 0.3) is 0 Å². The molecule has 3 nitrogen and oxygen atoms in total. The summed E-state index contributed by atoms with van der Waals surface area (Å²) in [5.41, 5.74) is 0.979. The molecule has 0 bridgehead atoms. The van der Waals surface area contributed by atoms with Crippen LogP contribution >= 0.6 is 0 Å². The van der Waals surface area contributed by atoms with Gasteiger partial charge in [-0.1, -0.05) is 36.4 Å². The Kier molecular flexibility index (Phi) is 4.20. The molecule has 0 aromatic heterocycles. The lowest BCUT2D eigenvalue weighted by atomic mass is 10.0. The molecule has 1 aliphatic carbocycles. The van der Waals surface area contributed by atoms with E-state index in [1.165, 1.54) is 18.2 Å². The first-order valence-electron chi connectivity index (χ1n) is 7.66. The third-order valence-corrected chi connectivity index (χ3v) is 3.94. The molecule has 1 N–H and O–H groups in total. The molecule has 1 fully saturated rings. The zero-order valence-electron chi connectivity index (χ0n) is 12.3. The van der Waals surface area contributed by atoms with Crippen molar-refractivity contribution in [3.63, 3.8) is 0 Å². The summed E-state index contributed by atoms with van der Waals surface area (Å²) in [5, 5.41) is 5.71. The van der Waals surface area contributed by atoms with Crippen molar-refractivity contribution >= 4 is 16.7 Å². The molecule has 0 aliphatic heterocycles. The van der Waals surface area contributed by atoms with Crippen LogP contribution in [0.15, 0.2) is 42.5 Å². The van der Waals surface area contributed by atoms with Crippen LogP contribution in [0.2, 0.25) is 0 Å². The van der Waals surface area contributed by atoms with E-state index >= 15 is 0 Å². The fourth-order valence-corrected chi connectivity index (χ4v) is 2.56. The van der Waals surface area contributed by atoms with Crippen LogP contribution in [0.25, 0.3) is 10.8 Å². The van der Waals surface area contributed by atoms with Crippen molar-refractivity contribution in [2.24, 2.45) is 5.92 Å². The summed E-state index contributed by atoms with van der Waals surface area (Å²) in [6, 6.07) is 14.0. The van der Waals surface area contributed by atoms with Crippen molar-refractivity contribution in [1.29, 1.82) is 0 Å². The van der Waals surface area contributed by atoms with Crippen molar-refractivity contribution in [2.75, 3.05) is 13.2 Å². The minimum atomic E-state index is -0.366. The average molecular weight is 283 g/mol. The normalized spacial score (nSPS) is 15.9. The lowest BCUT2D eigenvalue weighted by molar-refractivity contribution is -0.145. The largest absolute Gasteiger partial charge is 0.465 e. The van der Waals surface area contributed by atoms with Crippen LogP contribution in [0.4, 0.5) is 0 Å². The molecule has 1 atom stereocenters. The molecule has 0 spiro atoms. The third kappa shape index (κ3) is 3.42.